The number of imidazole rings is 1. The molecular weight excluding hydrogens is 241 g/mol. The number of hydrogen-bond acceptors (Lipinski definition) is 2. The van der Waals surface area contributed by atoms with Crippen LogP contribution in [0.25, 0.3) is 11.0 Å². The summed E-state index contributed by atoms with van der Waals surface area (Å²) in [7, 11) is 0. The molecule has 1 aromatic carbocycles. The second kappa shape index (κ2) is 6.66. The van der Waals surface area contributed by atoms with Crippen molar-refractivity contribution in [3.63, 3.8) is 0 Å². The van der Waals surface area contributed by atoms with Gasteiger partial charge in [0.05, 0.1) is 11.0 Å². The summed E-state index contributed by atoms with van der Waals surface area (Å²) in [4.78, 5) is 4.57. The minimum absolute atomic E-state index is 0.218. The van der Waals surface area contributed by atoms with Gasteiger partial charge in [0, 0.05) is 25.6 Å². The number of halogens is 1. The first-order valence-electron chi connectivity index (χ1n) is 7.11. The molecule has 1 heterocycles. The van der Waals surface area contributed by atoms with Crippen molar-refractivity contribution >= 4 is 11.0 Å². The fourth-order valence-corrected chi connectivity index (χ4v) is 2.32. The molecule has 0 radical (unpaired) electrons. The van der Waals surface area contributed by atoms with Crippen LogP contribution in [0.3, 0.4) is 0 Å². The molecule has 2 aromatic rings. The van der Waals surface area contributed by atoms with Crippen LogP contribution in [0.1, 0.15) is 32.5 Å². The molecule has 0 aliphatic carbocycles. The highest BCUT2D eigenvalue weighted by Gasteiger charge is 2.10. The second-order valence-corrected chi connectivity index (χ2v) is 4.81. The highest BCUT2D eigenvalue weighted by molar-refractivity contribution is 5.76. The number of nitrogens with zero attached hydrogens (tertiary/aromatic N) is 2. The normalized spacial score (nSPS) is 11.3. The summed E-state index contributed by atoms with van der Waals surface area (Å²) in [6, 6.07) is 4.86. The lowest BCUT2D eigenvalue weighted by molar-refractivity contribution is 0.613. The van der Waals surface area contributed by atoms with Crippen LogP contribution in [0.2, 0.25) is 0 Å². The number of aromatic nitrogens is 2. The van der Waals surface area contributed by atoms with Crippen molar-refractivity contribution in [3.05, 3.63) is 29.8 Å². The maximum absolute atomic E-state index is 13.3. The smallest absolute Gasteiger partial charge is 0.125 e. The van der Waals surface area contributed by atoms with E-state index in [1.165, 1.54) is 12.1 Å². The van der Waals surface area contributed by atoms with E-state index < -0.39 is 0 Å². The molecule has 0 aliphatic heterocycles. The van der Waals surface area contributed by atoms with E-state index in [2.05, 4.69) is 28.7 Å². The molecule has 1 N–H and O–H groups in total. The summed E-state index contributed by atoms with van der Waals surface area (Å²) in [6.45, 7) is 7.19. The van der Waals surface area contributed by atoms with Gasteiger partial charge in [-0.3, -0.25) is 0 Å². The van der Waals surface area contributed by atoms with Crippen molar-refractivity contribution < 1.29 is 4.39 Å². The average molecular weight is 263 g/mol. The second-order valence-electron chi connectivity index (χ2n) is 4.81. The predicted octanol–water partition coefficient (Wildman–Crippen LogP) is 3.13. The quantitative estimate of drug-likeness (QED) is 0.778. The average Bonchev–Trinajstić information content (AvgIpc) is 2.73. The van der Waals surface area contributed by atoms with E-state index in [-0.39, 0.29) is 5.82 Å². The Morgan fingerprint density at radius 2 is 2.05 bits per heavy atom. The van der Waals surface area contributed by atoms with Crippen molar-refractivity contribution in [2.24, 2.45) is 0 Å². The zero-order valence-electron chi connectivity index (χ0n) is 11.7. The SMILES string of the molecule is CCCNCCc1nc2cc(F)ccc2n1CCC. The summed E-state index contributed by atoms with van der Waals surface area (Å²) in [6.07, 6.45) is 3.07. The molecule has 104 valence electrons. The van der Waals surface area contributed by atoms with E-state index in [9.17, 15) is 4.39 Å². The van der Waals surface area contributed by atoms with Crippen molar-refractivity contribution in [2.45, 2.75) is 39.7 Å². The first-order valence-corrected chi connectivity index (χ1v) is 7.11. The molecule has 0 bridgehead atoms. The Hall–Kier alpha value is -1.42. The monoisotopic (exact) mass is 263 g/mol. The minimum atomic E-state index is -0.218. The van der Waals surface area contributed by atoms with Gasteiger partial charge in [-0.1, -0.05) is 13.8 Å². The van der Waals surface area contributed by atoms with Gasteiger partial charge in [-0.25, -0.2) is 9.37 Å². The van der Waals surface area contributed by atoms with Crippen molar-refractivity contribution in [3.8, 4) is 0 Å². The van der Waals surface area contributed by atoms with Crippen LogP contribution in [0.4, 0.5) is 4.39 Å². The lowest BCUT2D eigenvalue weighted by Crippen LogP contribution is -2.19. The van der Waals surface area contributed by atoms with E-state index in [1.54, 1.807) is 0 Å². The Morgan fingerprint density at radius 1 is 1.21 bits per heavy atom. The molecule has 0 saturated carbocycles. The topological polar surface area (TPSA) is 29.9 Å². The van der Waals surface area contributed by atoms with Gasteiger partial charge in [0.2, 0.25) is 0 Å². The number of aryl methyl sites for hydroxylation is 1. The first-order chi connectivity index (χ1) is 9.26. The lowest BCUT2D eigenvalue weighted by atomic mass is 10.3. The number of rotatable bonds is 7. The molecule has 0 unspecified atom stereocenters. The van der Waals surface area contributed by atoms with Gasteiger partial charge >= 0.3 is 0 Å². The molecule has 0 spiro atoms. The third-order valence-electron chi connectivity index (χ3n) is 3.19. The Labute approximate surface area is 113 Å². The van der Waals surface area contributed by atoms with Crippen LogP contribution in [0, 0.1) is 5.82 Å². The van der Waals surface area contributed by atoms with E-state index in [4.69, 9.17) is 0 Å². The molecule has 4 heteroatoms. The summed E-state index contributed by atoms with van der Waals surface area (Å²) in [5.74, 6) is 0.829. The summed E-state index contributed by atoms with van der Waals surface area (Å²) in [5.41, 5.74) is 1.80. The molecular formula is C15H22FN3. The van der Waals surface area contributed by atoms with Gasteiger partial charge < -0.3 is 9.88 Å². The Morgan fingerprint density at radius 3 is 2.79 bits per heavy atom. The van der Waals surface area contributed by atoms with E-state index in [0.717, 1.165) is 55.8 Å². The number of nitrogens with one attached hydrogen (secondary N) is 1. The molecule has 0 aliphatic rings. The molecule has 0 amide bonds. The molecule has 1 aromatic heterocycles. The van der Waals surface area contributed by atoms with Gasteiger partial charge in [0.1, 0.15) is 11.6 Å². The standard InChI is InChI=1S/C15H22FN3/c1-3-8-17-9-7-15-18-13-11-12(16)5-6-14(13)19(15)10-4-2/h5-6,11,17H,3-4,7-10H2,1-2H3. The largest absolute Gasteiger partial charge is 0.328 e. The maximum atomic E-state index is 13.3. The number of hydrogen-bond donors (Lipinski definition) is 1. The summed E-state index contributed by atoms with van der Waals surface area (Å²) >= 11 is 0. The van der Waals surface area contributed by atoms with Crippen molar-refractivity contribution in [2.75, 3.05) is 13.1 Å². The predicted molar refractivity (Wildman–Crippen MR) is 76.8 cm³/mol. The third-order valence-corrected chi connectivity index (χ3v) is 3.19. The van der Waals surface area contributed by atoms with Gasteiger partial charge in [-0.05, 0) is 31.5 Å². The highest BCUT2D eigenvalue weighted by Crippen LogP contribution is 2.18. The molecule has 0 fully saturated rings. The molecule has 3 nitrogen and oxygen atoms in total. The lowest BCUT2D eigenvalue weighted by Gasteiger charge is -2.08. The summed E-state index contributed by atoms with van der Waals surface area (Å²) in [5, 5.41) is 3.38. The van der Waals surface area contributed by atoms with Crippen LogP contribution < -0.4 is 5.32 Å². The minimum Gasteiger partial charge on any atom is -0.328 e. The Bertz CT molecular complexity index is 533. The fraction of sp³-hybridized carbons (Fsp3) is 0.533. The van der Waals surface area contributed by atoms with E-state index >= 15 is 0 Å². The zero-order valence-corrected chi connectivity index (χ0v) is 11.7. The van der Waals surface area contributed by atoms with Crippen molar-refractivity contribution in [1.82, 2.24) is 14.9 Å². The van der Waals surface area contributed by atoms with Crippen LogP contribution in [-0.4, -0.2) is 22.6 Å². The van der Waals surface area contributed by atoms with Crippen LogP contribution in [0.15, 0.2) is 18.2 Å². The molecule has 0 saturated heterocycles. The molecule has 2 rings (SSSR count). The number of benzene rings is 1. The van der Waals surface area contributed by atoms with Crippen LogP contribution in [-0.2, 0) is 13.0 Å². The maximum Gasteiger partial charge on any atom is 0.125 e. The van der Waals surface area contributed by atoms with Crippen LogP contribution >= 0.6 is 0 Å². The summed E-state index contributed by atoms with van der Waals surface area (Å²) < 4.78 is 15.5. The zero-order chi connectivity index (χ0) is 13.7. The third kappa shape index (κ3) is 3.32. The van der Waals surface area contributed by atoms with Crippen molar-refractivity contribution in [1.29, 1.82) is 0 Å². The fourth-order valence-electron chi connectivity index (χ4n) is 2.32. The van der Waals surface area contributed by atoms with Gasteiger partial charge in [0.25, 0.3) is 0 Å². The highest BCUT2D eigenvalue weighted by atomic mass is 19.1. The van der Waals surface area contributed by atoms with Gasteiger partial charge in [0.15, 0.2) is 0 Å². The number of fused-ring (bicyclic) bond motifs is 1. The Balaban J connectivity index is 2.22. The van der Waals surface area contributed by atoms with E-state index in [0.29, 0.717) is 0 Å². The Kier molecular flexibility index (Phi) is 4.91. The first kappa shape index (κ1) is 14.0. The van der Waals surface area contributed by atoms with Gasteiger partial charge in [-0.15, -0.1) is 0 Å². The van der Waals surface area contributed by atoms with Crippen LogP contribution in [0.5, 0.6) is 0 Å². The molecule has 19 heavy (non-hydrogen) atoms. The molecule has 0 atom stereocenters. The van der Waals surface area contributed by atoms with Gasteiger partial charge in [-0.2, -0.15) is 0 Å². The van der Waals surface area contributed by atoms with E-state index in [1.807, 2.05) is 6.07 Å².